The van der Waals surface area contributed by atoms with Crippen molar-refractivity contribution in [3.63, 3.8) is 0 Å². The minimum atomic E-state index is -4.11. The van der Waals surface area contributed by atoms with E-state index < -0.39 is 28.5 Å². The molecular weight excluding hydrogens is 546 g/mol. The van der Waals surface area contributed by atoms with Crippen LogP contribution in [0.15, 0.2) is 83.8 Å². The lowest BCUT2D eigenvalue weighted by atomic mass is 10.1. The highest BCUT2D eigenvalue weighted by molar-refractivity contribution is 7.92. The predicted molar refractivity (Wildman–Crippen MR) is 161 cm³/mol. The zero-order valence-corrected chi connectivity index (χ0v) is 24.9. The first-order valence-corrected chi connectivity index (χ1v) is 15.5. The Morgan fingerprint density at radius 2 is 1.60 bits per heavy atom. The third-order valence-electron chi connectivity index (χ3n) is 6.74. The van der Waals surface area contributed by atoms with Crippen molar-refractivity contribution < 1.29 is 18.0 Å². The highest BCUT2D eigenvalue weighted by Gasteiger charge is 2.33. The van der Waals surface area contributed by atoms with Gasteiger partial charge in [0.15, 0.2) is 0 Å². The molecular formula is C31H38ClN3O4S. The summed E-state index contributed by atoms with van der Waals surface area (Å²) in [6, 6.07) is 21.9. The number of nitrogens with zero attached hydrogens (tertiary/aromatic N) is 2. The number of nitrogens with one attached hydrogen (secondary N) is 1. The second-order valence-electron chi connectivity index (χ2n) is 9.65. The van der Waals surface area contributed by atoms with Gasteiger partial charge < -0.3 is 10.2 Å². The fourth-order valence-electron chi connectivity index (χ4n) is 4.53. The van der Waals surface area contributed by atoms with Crippen molar-refractivity contribution in [3.8, 4) is 0 Å². The molecule has 3 aromatic carbocycles. The van der Waals surface area contributed by atoms with Gasteiger partial charge in [0, 0.05) is 18.1 Å². The Morgan fingerprint density at radius 3 is 2.20 bits per heavy atom. The average molecular weight is 584 g/mol. The Bertz CT molecular complexity index is 1370. The van der Waals surface area contributed by atoms with Gasteiger partial charge in [-0.1, -0.05) is 80.4 Å². The predicted octanol–water partition coefficient (Wildman–Crippen LogP) is 5.61. The van der Waals surface area contributed by atoms with E-state index in [2.05, 4.69) is 5.32 Å². The molecule has 2 amide bonds. The van der Waals surface area contributed by atoms with Gasteiger partial charge in [-0.25, -0.2) is 8.42 Å². The van der Waals surface area contributed by atoms with Crippen LogP contribution in [0.2, 0.25) is 5.02 Å². The zero-order chi connectivity index (χ0) is 29.1. The molecule has 9 heteroatoms. The van der Waals surface area contributed by atoms with E-state index in [1.165, 1.54) is 17.0 Å². The van der Waals surface area contributed by atoms with E-state index in [4.69, 9.17) is 11.6 Å². The Balaban J connectivity index is 2.00. The van der Waals surface area contributed by atoms with Crippen LogP contribution < -0.4 is 9.62 Å². The first-order valence-electron chi connectivity index (χ1n) is 13.6. The fraction of sp³-hybridized carbons (Fsp3) is 0.355. The molecule has 40 heavy (non-hydrogen) atoms. The van der Waals surface area contributed by atoms with Crippen LogP contribution in [0.25, 0.3) is 0 Å². The summed E-state index contributed by atoms with van der Waals surface area (Å²) in [6.45, 7) is 5.97. The second kappa shape index (κ2) is 14.9. The van der Waals surface area contributed by atoms with Crippen molar-refractivity contribution in [3.05, 3.63) is 95.0 Å². The summed E-state index contributed by atoms with van der Waals surface area (Å²) in [5, 5.41) is 3.41. The molecule has 0 aliphatic heterocycles. The number of halogens is 1. The summed E-state index contributed by atoms with van der Waals surface area (Å²) in [6.07, 6.45) is 2.68. The van der Waals surface area contributed by atoms with Gasteiger partial charge in [0.05, 0.1) is 10.6 Å². The number of unbranched alkanes of at least 4 members (excludes halogenated alkanes) is 1. The average Bonchev–Trinajstić information content (AvgIpc) is 2.95. The summed E-state index contributed by atoms with van der Waals surface area (Å²) >= 11 is 6.17. The van der Waals surface area contributed by atoms with Crippen LogP contribution in [0, 0.1) is 6.92 Å². The van der Waals surface area contributed by atoms with Gasteiger partial charge in [0.2, 0.25) is 11.8 Å². The third-order valence-corrected chi connectivity index (χ3v) is 8.75. The number of anilines is 1. The molecule has 0 fully saturated rings. The molecule has 0 spiro atoms. The van der Waals surface area contributed by atoms with Gasteiger partial charge in [-0.15, -0.1) is 0 Å². The number of benzene rings is 3. The number of sulfonamides is 1. The number of hydrogen-bond acceptors (Lipinski definition) is 4. The molecule has 0 heterocycles. The molecule has 0 saturated carbocycles. The van der Waals surface area contributed by atoms with Crippen LogP contribution in [0.5, 0.6) is 0 Å². The highest BCUT2D eigenvalue weighted by atomic mass is 35.5. The maximum Gasteiger partial charge on any atom is 0.264 e. The van der Waals surface area contributed by atoms with Gasteiger partial charge in [0.25, 0.3) is 10.0 Å². The lowest BCUT2D eigenvalue weighted by molar-refractivity contribution is -0.139. The summed E-state index contributed by atoms with van der Waals surface area (Å²) in [5.74, 6) is -0.695. The normalized spacial score (nSPS) is 12.0. The largest absolute Gasteiger partial charge is 0.354 e. The van der Waals surface area contributed by atoms with E-state index in [9.17, 15) is 18.0 Å². The van der Waals surface area contributed by atoms with E-state index >= 15 is 0 Å². The van der Waals surface area contributed by atoms with Crippen molar-refractivity contribution in [1.82, 2.24) is 10.2 Å². The van der Waals surface area contributed by atoms with Crippen LogP contribution in [-0.2, 0) is 26.0 Å². The van der Waals surface area contributed by atoms with E-state index in [1.807, 2.05) is 44.2 Å². The number of carbonyl (C=O) groups excluding carboxylic acids is 2. The van der Waals surface area contributed by atoms with Crippen molar-refractivity contribution in [2.75, 3.05) is 23.9 Å². The van der Waals surface area contributed by atoms with E-state index in [0.29, 0.717) is 35.7 Å². The molecule has 1 N–H and O–H groups in total. The molecule has 0 aliphatic carbocycles. The first kappa shape index (κ1) is 31.2. The van der Waals surface area contributed by atoms with Gasteiger partial charge in [-0.2, -0.15) is 0 Å². The lowest BCUT2D eigenvalue weighted by Crippen LogP contribution is -2.53. The first-order chi connectivity index (χ1) is 19.2. The number of amides is 2. The standard InChI is InChI=1S/C31H38ClN3O4S/c1-4-6-20-33-31(37)28(5-2)34(21-19-25-13-9-7-10-14-25)30(36)23-35(29-18-17-26(32)22-24(29)3)40(38,39)27-15-11-8-12-16-27/h7-18,22,28H,4-6,19-21,23H2,1-3H3,(H,33,37)/t28-/m1/s1. The van der Waals surface area contributed by atoms with Crippen molar-refractivity contribution >= 4 is 39.1 Å². The van der Waals surface area contributed by atoms with Gasteiger partial charge in [-0.3, -0.25) is 13.9 Å². The maximum absolute atomic E-state index is 14.1. The Kier molecular flexibility index (Phi) is 11.6. The molecule has 0 aliphatic rings. The molecule has 3 rings (SSSR count). The monoisotopic (exact) mass is 583 g/mol. The minimum Gasteiger partial charge on any atom is -0.354 e. The molecule has 0 aromatic heterocycles. The van der Waals surface area contributed by atoms with Crippen LogP contribution >= 0.6 is 11.6 Å². The van der Waals surface area contributed by atoms with Crippen LogP contribution in [0.3, 0.4) is 0 Å². The van der Waals surface area contributed by atoms with Crippen LogP contribution in [0.1, 0.15) is 44.2 Å². The van der Waals surface area contributed by atoms with Crippen LogP contribution in [-0.4, -0.2) is 50.8 Å². The molecule has 3 aromatic rings. The quantitative estimate of drug-likeness (QED) is 0.250. The summed E-state index contributed by atoms with van der Waals surface area (Å²) in [5.41, 5.74) is 1.98. The van der Waals surface area contributed by atoms with E-state index in [-0.39, 0.29) is 17.3 Å². The van der Waals surface area contributed by atoms with Crippen molar-refractivity contribution in [2.24, 2.45) is 0 Å². The SMILES string of the molecule is CCCCNC(=O)[C@@H](CC)N(CCc1ccccc1)C(=O)CN(c1ccc(Cl)cc1C)S(=O)(=O)c1ccccc1. The van der Waals surface area contributed by atoms with Gasteiger partial charge in [-0.05, 0) is 67.6 Å². The number of hydrogen-bond donors (Lipinski definition) is 1. The third kappa shape index (κ3) is 8.08. The van der Waals surface area contributed by atoms with Gasteiger partial charge >= 0.3 is 0 Å². The smallest absolute Gasteiger partial charge is 0.264 e. The molecule has 0 unspecified atom stereocenters. The minimum absolute atomic E-state index is 0.0670. The number of rotatable bonds is 14. The Labute approximate surface area is 243 Å². The van der Waals surface area contributed by atoms with Crippen molar-refractivity contribution in [2.45, 2.75) is 57.4 Å². The molecule has 7 nitrogen and oxygen atoms in total. The second-order valence-corrected chi connectivity index (χ2v) is 11.9. The lowest BCUT2D eigenvalue weighted by Gasteiger charge is -2.33. The molecule has 0 radical (unpaired) electrons. The van der Waals surface area contributed by atoms with E-state index in [0.717, 1.165) is 22.7 Å². The molecule has 0 saturated heterocycles. The summed E-state index contributed by atoms with van der Waals surface area (Å²) < 4.78 is 28.9. The highest BCUT2D eigenvalue weighted by Crippen LogP contribution is 2.29. The Hall–Kier alpha value is -3.36. The number of aryl methyl sites for hydroxylation is 1. The zero-order valence-electron chi connectivity index (χ0n) is 23.3. The molecule has 0 bridgehead atoms. The Morgan fingerprint density at radius 1 is 0.950 bits per heavy atom. The fourth-order valence-corrected chi connectivity index (χ4v) is 6.26. The summed E-state index contributed by atoms with van der Waals surface area (Å²) in [4.78, 5) is 28.9. The maximum atomic E-state index is 14.1. The molecule has 1 atom stereocenters. The van der Waals surface area contributed by atoms with Gasteiger partial charge in [0.1, 0.15) is 12.6 Å². The van der Waals surface area contributed by atoms with Crippen molar-refractivity contribution in [1.29, 1.82) is 0 Å². The topological polar surface area (TPSA) is 86.8 Å². The van der Waals surface area contributed by atoms with E-state index in [1.54, 1.807) is 43.3 Å². The molecule has 214 valence electrons. The van der Waals surface area contributed by atoms with Crippen LogP contribution in [0.4, 0.5) is 5.69 Å². The summed E-state index contributed by atoms with van der Waals surface area (Å²) in [7, 11) is -4.11. The number of carbonyl (C=O) groups is 2.